The number of aromatic carboxylic acids is 1. The molecule has 0 unspecified atom stereocenters. The van der Waals surface area contributed by atoms with Crippen LogP contribution in [0.15, 0.2) is 18.2 Å². The van der Waals surface area contributed by atoms with Gasteiger partial charge in [-0.1, -0.05) is 23.7 Å². The van der Waals surface area contributed by atoms with Crippen molar-refractivity contribution in [3.05, 3.63) is 34.5 Å². The smallest absolute Gasteiger partial charge is 0.353 e. The van der Waals surface area contributed by atoms with Gasteiger partial charge in [0.1, 0.15) is 5.69 Å². The molecule has 0 saturated heterocycles. The highest BCUT2D eigenvalue weighted by molar-refractivity contribution is 6.38. The van der Waals surface area contributed by atoms with Crippen molar-refractivity contribution < 1.29 is 9.90 Å². The van der Waals surface area contributed by atoms with Gasteiger partial charge in [-0.2, -0.15) is 0 Å². The van der Waals surface area contributed by atoms with E-state index in [1.54, 1.807) is 6.07 Å². The number of carboxylic acid groups (broad SMARTS) is 1. The summed E-state index contributed by atoms with van der Waals surface area (Å²) in [5, 5.41) is 9.91. The molecule has 0 fully saturated rings. The number of aryl methyl sites for hydroxylation is 1. The lowest BCUT2D eigenvalue weighted by Gasteiger charge is -1.94. The van der Waals surface area contributed by atoms with Crippen LogP contribution in [-0.2, 0) is 0 Å². The van der Waals surface area contributed by atoms with Crippen LogP contribution in [0.4, 0.5) is 0 Å². The maximum absolute atomic E-state index is 10.8. The Morgan fingerprint density at radius 1 is 1.50 bits per heavy atom. The summed E-state index contributed by atoms with van der Waals surface area (Å²) in [6.45, 7) is 1.90. The molecule has 2 N–H and O–H groups in total. The zero-order valence-corrected chi connectivity index (χ0v) is 8.22. The molecule has 0 amide bonds. The minimum atomic E-state index is -1.04. The number of aromatic amines is 1. The Morgan fingerprint density at radius 2 is 2.21 bits per heavy atom. The van der Waals surface area contributed by atoms with E-state index in [9.17, 15) is 4.79 Å². The van der Waals surface area contributed by atoms with E-state index in [2.05, 4.69) is 4.98 Å². The van der Waals surface area contributed by atoms with Crippen molar-refractivity contribution in [2.24, 2.45) is 0 Å². The Kier molecular flexibility index (Phi) is 1.97. The van der Waals surface area contributed by atoms with Gasteiger partial charge in [0.2, 0.25) is 0 Å². The number of hydrogen-bond acceptors (Lipinski definition) is 1. The van der Waals surface area contributed by atoms with E-state index in [1.807, 2.05) is 19.1 Å². The number of carboxylic acids is 1. The van der Waals surface area contributed by atoms with Crippen molar-refractivity contribution in [3.8, 4) is 0 Å². The van der Waals surface area contributed by atoms with Gasteiger partial charge in [-0.05, 0) is 18.6 Å². The fourth-order valence-corrected chi connectivity index (χ4v) is 1.90. The van der Waals surface area contributed by atoms with Crippen molar-refractivity contribution >= 4 is 28.5 Å². The average Bonchev–Trinajstić information content (AvgIpc) is 2.45. The van der Waals surface area contributed by atoms with Crippen LogP contribution in [-0.4, -0.2) is 16.1 Å². The summed E-state index contributed by atoms with van der Waals surface area (Å²) in [5.74, 6) is -1.04. The van der Waals surface area contributed by atoms with Crippen LogP contribution in [0.25, 0.3) is 10.9 Å². The fourth-order valence-electron chi connectivity index (χ4n) is 1.53. The number of hydrogen-bond donors (Lipinski definition) is 2. The molecule has 2 rings (SSSR count). The number of halogens is 1. The number of nitrogens with one attached hydrogen (secondary N) is 1. The molecule has 4 heteroatoms. The molecule has 72 valence electrons. The van der Waals surface area contributed by atoms with Gasteiger partial charge in [-0.3, -0.25) is 0 Å². The second-order valence-electron chi connectivity index (χ2n) is 3.12. The topological polar surface area (TPSA) is 53.1 Å². The van der Waals surface area contributed by atoms with Gasteiger partial charge in [0, 0.05) is 10.9 Å². The normalized spacial score (nSPS) is 10.7. The summed E-state index contributed by atoms with van der Waals surface area (Å²) in [4.78, 5) is 13.6. The average molecular weight is 210 g/mol. The lowest BCUT2D eigenvalue weighted by molar-refractivity contribution is 0.0692. The third-order valence-corrected chi connectivity index (χ3v) is 2.56. The number of rotatable bonds is 1. The summed E-state index contributed by atoms with van der Waals surface area (Å²) >= 11 is 5.95. The largest absolute Gasteiger partial charge is 0.477 e. The van der Waals surface area contributed by atoms with E-state index in [-0.39, 0.29) is 10.7 Å². The highest BCUT2D eigenvalue weighted by atomic mass is 35.5. The van der Waals surface area contributed by atoms with Crippen LogP contribution < -0.4 is 0 Å². The van der Waals surface area contributed by atoms with Crippen LogP contribution in [0.5, 0.6) is 0 Å². The van der Waals surface area contributed by atoms with Crippen molar-refractivity contribution in [1.82, 2.24) is 4.98 Å². The van der Waals surface area contributed by atoms with Crippen LogP contribution in [0, 0.1) is 6.92 Å². The zero-order chi connectivity index (χ0) is 10.3. The van der Waals surface area contributed by atoms with Crippen LogP contribution >= 0.6 is 11.6 Å². The summed E-state index contributed by atoms with van der Waals surface area (Å²) in [5.41, 5.74) is 1.78. The minimum absolute atomic E-state index is 0.0518. The van der Waals surface area contributed by atoms with Crippen LogP contribution in [0.3, 0.4) is 0 Å². The second-order valence-corrected chi connectivity index (χ2v) is 3.49. The predicted octanol–water partition coefficient (Wildman–Crippen LogP) is 2.83. The molecule has 0 saturated carbocycles. The zero-order valence-electron chi connectivity index (χ0n) is 7.47. The van der Waals surface area contributed by atoms with E-state index >= 15 is 0 Å². The SMILES string of the molecule is Cc1cccc2[nH]c(C(=O)O)c(Cl)c12. The second kappa shape index (κ2) is 3.03. The Bertz CT molecular complexity index is 516. The first-order valence-corrected chi connectivity index (χ1v) is 4.49. The Labute approximate surface area is 85.3 Å². The number of benzene rings is 1. The monoisotopic (exact) mass is 209 g/mol. The molecule has 0 bridgehead atoms. The summed E-state index contributed by atoms with van der Waals surface area (Å²) < 4.78 is 0. The first-order chi connectivity index (χ1) is 6.61. The molecular formula is C10H8ClNO2. The molecule has 1 aromatic carbocycles. The van der Waals surface area contributed by atoms with Gasteiger partial charge in [0.25, 0.3) is 0 Å². The van der Waals surface area contributed by atoms with Crippen molar-refractivity contribution in [2.45, 2.75) is 6.92 Å². The van der Waals surface area contributed by atoms with Gasteiger partial charge >= 0.3 is 5.97 Å². The lowest BCUT2D eigenvalue weighted by atomic mass is 10.1. The highest BCUT2D eigenvalue weighted by Gasteiger charge is 2.15. The Hall–Kier alpha value is -1.48. The van der Waals surface area contributed by atoms with E-state index in [0.29, 0.717) is 0 Å². The molecule has 2 aromatic rings. The van der Waals surface area contributed by atoms with Gasteiger partial charge in [0.15, 0.2) is 0 Å². The third kappa shape index (κ3) is 1.17. The molecule has 0 aliphatic heterocycles. The maximum Gasteiger partial charge on any atom is 0.353 e. The fraction of sp³-hybridized carbons (Fsp3) is 0.100. The Balaban J connectivity index is 2.87. The Morgan fingerprint density at radius 3 is 2.79 bits per heavy atom. The molecule has 0 aliphatic rings. The quantitative estimate of drug-likeness (QED) is 0.759. The molecule has 14 heavy (non-hydrogen) atoms. The molecule has 0 aliphatic carbocycles. The van der Waals surface area contributed by atoms with Crippen molar-refractivity contribution in [3.63, 3.8) is 0 Å². The molecule has 1 aromatic heterocycles. The summed E-state index contributed by atoms with van der Waals surface area (Å²) in [7, 11) is 0. The lowest BCUT2D eigenvalue weighted by Crippen LogP contribution is -1.96. The van der Waals surface area contributed by atoms with Gasteiger partial charge in [-0.15, -0.1) is 0 Å². The number of carbonyl (C=O) groups is 1. The molecule has 0 spiro atoms. The van der Waals surface area contributed by atoms with Gasteiger partial charge < -0.3 is 10.1 Å². The number of aromatic nitrogens is 1. The third-order valence-electron chi connectivity index (χ3n) is 2.19. The summed E-state index contributed by atoms with van der Waals surface area (Å²) in [6, 6.07) is 5.56. The van der Waals surface area contributed by atoms with Crippen LogP contribution in [0.1, 0.15) is 16.1 Å². The molecular weight excluding hydrogens is 202 g/mol. The first-order valence-electron chi connectivity index (χ1n) is 4.11. The first kappa shape index (κ1) is 9.09. The molecule has 0 radical (unpaired) electrons. The van der Waals surface area contributed by atoms with E-state index in [0.717, 1.165) is 16.5 Å². The number of H-pyrrole nitrogens is 1. The standard InChI is InChI=1S/C10H8ClNO2/c1-5-3-2-4-6-7(5)8(11)9(12-6)10(13)14/h2-4,12H,1H3,(H,13,14). The maximum atomic E-state index is 10.8. The van der Waals surface area contributed by atoms with Crippen LogP contribution in [0.2, 0.25) is 5.02 Å². The predicted molar refractivity (Wildman–Crippen MR) is 55.0 cm³/mol. The highest BCUT2D eigenvalue weighted by Crippen LogP contribution is 2.29. The van der Waals surface area contributed by atoms with Gasteiger partial charge in [0.05, 0.1) is 5.02 Å². The van der Waals surface area contributed by atoms with E-state index < -0.39 is 5.97 Å². The molecule has 3 nitrogen and oxygen atoms in total. The van der Waals surface area contributed by atoms with E-state index in [4.69, 9.17) is 16.7 Å². The number of fused-ring (bicyclic) bond motifs is 1. The minimum Gasteiger partial charge on any atom is -0.477 e. The molecule has 1 heterocycles. The summed E-state index contributed by atoms with van der Waals surface area (Å²) in [6.07, 6.45) is 0. The van der Waals surface area contributed by atoms with Crippen molar-refractivity contribution in [2.75, 3.05) is 0 Å². The molecule has 0 atom stereocenters. The van der Waals surface area contributed by atoms with Crippen molar-refractivity contribution in [1.29, 1.82) is 0 Å². The van der Waals surface area contributed by atoms with Gasteiger partial charge in [-0.25, -0.2) is 4.79 Å². The van der Waals surface area contributed by atoms with E-state index in [1.165, 1.54) is 0 Å².